The summed E-state index contributed by atoms with van der Waals surface area (Å²) >= 11 is 0. The van der Waals surface area contributed by atoms with Crippen molar-refractivity contribution in [2.75, 3.05) is 13.2 Å². The molecule has 28 heavy (non-hydrogen) atoms. The molecule has 0 saturated heterocycles. The van der Waals surface area contributed by atoms with E-state index >= 15 is 0 Å². The van der Waals surface area contributed by atoms with Crippen LogP contribution in [-0.4, -0.2) is 48.1 Å². The topological polar surface area (TPSA) is 109 Å². The molecular weight excluding hydrogens is 362 g/mol. The molecule has 8 nitrogen and oxygen atoms in total. The molecule has 0 bridgehead atoms. The maximum absolute atomic E-state index is 12.1. The highest BCUT2D eigenvalue weighted by Crippen LogP contribution is 2.28. The van der Waals surface area contributed by atoms with Crippen LogP contribution in [0.4, 0.5) is 4.79 Å². The number of amides is 2. The summed E-state index contributed by atoms with van der Waals surface area (Å²) in [5.74, 6) is -0.0853. The number of carbonyl (C=O) groups excluding carboxylic acids is 1. The molecule has 1 aliphatic carbocycles. The predicted octanol–water partition coefficient (Wildman–Crippen LogP) is 2.06. The van der Waals surface area contributed by atoms with Crippen LogP contribution >= 0.6 is 0 Å². The lowest BCUT2D eigenvalue weighted by molar-refractivity contribution is -0.142. The molecule has 150 valence electrons. The minimum Gasteiger partial charge on any atom is -0.493 e. The zero-order chi connectivity index (χ0) is 19.5. The fraction of sp³-hybridized carbons (Fsp3) is 0.550. The zero-order valence-electron chi connectivity index (χ0n) is 15.6. The number of urea groups is 1. The first kappa shape index (κ1) is 18.6. The third-order valence-corrected chi connectivity index (χ3v) is 5.66. The van der Waals surface area contributed by atoms with Crippen LogP contribution in [0.3, 0.4) is 0 Å². The number of carbonyl (C=O) groups is 2. The molecule has 0 aromatic heterocycles. The van der Waals surface area contributed by atoms with E-state index in [2.05, 4.69) is 21.9 Å². The molecule has 1 aromatic rings. The normalized spacial score (nSPS) is 25.9. The van der Waals surface area contributed by atoms with Crippen molar-refractivity contribution < 1.29 is 24.3 Å². The van der Waals surface area contributed by atoms with E-state index in [0.29, 0.717) is 38.6 Å². The Balaban J connectivity index is 1.19. The van der Waals surface area contributed by atoms with Crippen LogP contribution in [0.2, 0.25) is 0 Å². The highest BCUT2D eigenvalue weighted by molar-refractivity contribution is 6.01. The Kier molecular flexibility index (Phi) is 5.36. The predicted molar refractivity (Wildman–Crippen MR) is 102 cm³/mol. The van der Waals surface area contributed by atoms with Gasteiger partial charge >= 0.3 is 12.0 Å². The lowest BCUT2D eigenvalue weighted by atomic mass is 9.86. The number of fused-ring (bicyclic) bond motifs is 1. The van der Waals surface area contributed by atoms with Crippen LogP contribution in [-0.2, 0) is 16.1 Å². The Labute approximate surface area is 163 Å². The molecule has 3 aliphatic rings. The van der Waals surface area contributed by atoms with Gasteiger partial charge in [-0.1, -0.05) is 5.16 Å². The number of benzene rings is 1. The number of nitrogens with zero attached hydrogens (tertiary/aromatic N) is 1. The Bertz CT molecular complexity index is 786. The fourth-order valence-corrected chi connectivity index (χ4v) is 4.00. The van der Waals surface area contributed by atoms with Crippen LogP contribution in [0.15, 0.2) is 23.4 Å². The highest BCUT2D eigenvalue weighted by atomic mass is 16.6. The second-order valence-electron chi connectivity index (χ2n) is 7.63. The maximum atomic E-state index is 12.1. The van der Waals surface area contributed by atoms with Crippen molar-refractivity contribution in [3.05, 3.63) is 29.3 Å². The molecular formula is C20H25N3O5. The Hall–Kier alpha value is -2.77. The van der Waals surface area contributed by atoms with Gasteiger partial charge in [-0.3, -0.25) is 4.79 Å². The summed E-state index contributed by atoms with van der Waals surface area (Å²) in [6.07, 6.45) is 3.97. The summed E-state index contributed by atoms with van der Waals surface area (Å²) in [5, 5.41) is 19.0. The van der Waals surface area contributed by atoms with Crippen molar-refractivity contribution in [1.82, 2.24) is 10.6 Å². The summed E-state index contributed by atoms with van der Waals surface area (Å²) < 4.78 is 5.53. The second kappa shape index (κ2) is 8.08. The molecule has 2 amide bonds. The Morgan fingerprint density at radius 2 is 2.04 bits per heavy atom. The molecule has 8 heteroatoms. The number of ether oxygens (including phenoxy) is 1. The van der Waals surface area contributed by atoms with Gasteiger partial charge in [0.05, 0.1) is 24.8 Å². The monoisotopic (exact) mass is 387 g/mol. The van der Waals surface area contributed by atoms with Crippen molar-refractivity contribution in [1.29, 1.82) is 0 Å². The smallest absolute Gasteiger partial charge is 0.315 e. The Morgan fingerprint density at radius 3 is 2.82 bits per heavy atom. The van der Waals surface area contributed by atoms with E-state index in [9.17, 15) is 9.59 Å². The second-order valence-corrected chi connectivity index (χ2v) is 7.63. The van der Waals surface area contributed by atoms with Gasteiger partial charge in [-0.15, -0.1) is 0 Å². The van der Waals surface area contributed by atoms with Crippen molar-refractivity contribution in [3.8, 4) is 5.75 Å². The van der Waals surface area contributed by atoms with Crippen LogP contribution in [0, 0.1) is 5.92 Å². The van der Waals surface area contributed by atoms with Gasteiger partial charge in [0.15, 0.2) is 6.10 Å². The zero-order valence-corrected chi connectivity index (χ0v) is 15.6. The van der Waals surface area contributed by atoms with Crippen molar-refractivity contribution >= 4 is 17.7 Å². The summed E-state index contributed by atoms with van der Waals surface area (Å²) in [5.41, 5.74) is 3.11. The fourth-order valence-electron chi connectivity index (χ4n) is 4.00. The van der Waals surface area contributed by atoms with Crippen LogP contribution in [0.1, 0.15) is 43.2 Å². The number of aliphatic carboxylic acids is 1. The Morgan fingerprint density at radius 1 is 1.21 bits per heavy atom. The average molecular weight is 387 g/mol. The van der Waals surface area contributed by atoms with Crippen molar-refractivity contribution in [3.63, 3.8) is 0 Å². The minimum atomic E-state index is -0.743. The van der Waals surface area contributed by atoms with E-state index in [1.165, 1.54) is 5.56 Å². The van der Waals surface area contributed by atoms with Gasteiger partial charge in [0, 0.05) is 18.9 Å². The largest absolute Gasteiger partial charge is 0.493 e. The third-order valence-electron chi connectivity index (χ3n) is 5.66. The third kappa shape index (κ3) is 4.21. The van der Waals surface area contributed by atoms with Gasteiger partial charge in [0.2, 0.25) is 0 Å². The molecule has 0 spiro atoms. The van der Waals surface area contributed by atoms with E-state index in [-0.39, 0.29) is 24.1 Å². The number of carboxylic acids is 1. The summed E-state index contributed by atoms with van der Waals surface area (Å²) in [7, 11) is 0. The maximum Gasteiger partial charge on any atom is 0.315 e. The van der Waals surface area contributed by atoms with Crippen LogP contribution < -0.4 is 15.4 Å². The van der Waals surface area contributed by atoms with Crippen molar-refractivity contribution in [2.24, 2.45) is 11.1 Å². The first-order chi connectivity index (χ1) is 13.6. The van der Waals surface area contributed by atoms with E-state index < -0.39 is 5.97 Å². The van der Waals surface area contributed by atoms with E-state index in [1.807, 2.05) is 12.1 Å². The lowest BCUT2D eigenvalue weighted by Gasteiger charge is -2.27. The highest BCUT2D eigenvalue weighted by Gasteiger charge is 2.28. The van der Waals surface area contributed by atoms with E-state index in [1.54, 1.807) is 0 Å². The minimum absolute atomic E-state index is 0.0283. The molecule has 2 aliphatic heterocycles. The van der Waals surface area contributed by atoms with Gasteiger partial charge < -0.3 is 25.3 Å². The summed E-state index contributed by atoms with van der Waals surface area (Å²) in [6, 6.07) is 5.84. The molecule has 1 unspecified atom stereocenters. The lowest BCUT2D eigenvalue weighted by Crippen LogP contribution is -2.46. The summed E-state index contributed by atoms with van der Waals surface area (Å²) in [4.78, 5) is 28.6. The quantitative estimate of drug-likeness (QED) is 0.716. The van der Waals surface area contributed by atoms with Gasteiger partial charge in [0.1, 0.15) is 5.75 Å². The number of nitrogens with one attached hydrogen (secondary N) is 2. The number of hydrogen-bond donors (Lipinski definition) is 3. The number of rotatable bonds is 5. The van der Waals surface area contributed by atoms with E-state index in [4.69, 9.17) is 14.7 Å². The number of carboxylic acid groups (broad SMARTS) is 1. The molecule has 4 rings (SSSR count). The van der Waals surface area contributed by atoms with E-state index in [0.717, 1.165) is 30.1 Å². The summed E-state index contributed by atoms with van der Waals surface area (Å²) in [6.45, 7) is 1.10. The van der Waals surface area contributed by atoms with Crippen LogP contribution in [0.5, 0.6) is 5.75 Å². The SMILES string of the molecule is O=C(NCC1CC(c2ccc3c(c2)CCO3)=NO1)NC1CCC(C(=O)O)CC1. The molecule has 2 heterocycles. The molecule has 0 radical (unpaired) electrons. The first-order valence-corrected chi connectivity index (χ1v) is 9.84. The van der Waals surface area contributed by atoms with Gasteiger partial charge in [0.25, 0.3) is 0 Å². The molecule has 3 N–H and O–H groups in total. The van der Waals surface area contributed by atoms with Crippen molar-refractivity contribution in [2.45, 2.75) is 50.7 Å². The van der Waals surface area contributed by atoms with Crippen LogP contribution in [0.25, 0.3) is 0 Å². The standard InChI is InChI=1S/C20H25N3O5/c24-19(25)12-1-4-15(5-2-12)22-20(26)21-11-16-10-17(23-28-16)13-3-6-18-14(9-13)7-8-27-18/h3,6,9,12,15-16H,1-2,4-5,7-8,10-11H2,(H,24,25)(H2,21,22,26). The molecule has 1 fully saturated rings. The average Bonchev–Trinajstić information content (AvgIpc) is 3.35. The molecule has 1 saturated carbocycles. The van der Waals surface area contributed by atoms with Gasteiger partial charge in [-0.25, -0.2) is 4.79 Å². The van der Waals surface area contributed by atoms with Gasteiger partial charge in [-0.2, -0.15) is 0 Å². The first-order valence-electron chi connectivity index (χ1n) is 9.84. The molecule has 1 aromatic carbocycles. The number of hydrogen-bond acceptors (Lipinski definition) is 5. The molecule has 1 atom stereocenters. The van der Waals surface area contributed by atoms with Gasteiger partial charge in [-0.05, 0) is 55.0 Å². The number of oxime groups is 1.